The van der Waals surface area contributed by atoms with Gasteiger partial charge in [-0.25, -0.2) is 0 Å². The number of carbonyl (C=O) groups is 5. The van der Waals surface area contributed by atoms with Crippen molar-refractivity contribution in [1.82, 2.24) is 9.80 Å². The lowest BCUT2D eigenvalue weighted by Gasteiger charge is -2.52. The largest absolute Gasteiger partial charge is 0.507 e. The average molecular weight is 552 g/mol. The van der Waals surface area contributed by atoms with Crippen molar-refractivity contribution in [2.24, 2.45) is 29.4 Å². The second-order valence-corrected chi connectivity index (χ2v) is 12.8. The number of phenolic OH excluding ortho intramolecular Hbond substituents is 1. The van der Waals surface area contributed by atoms with E-state index in [0.29, 0.717) is 23.2 Å². The number of amides is 1. The number of nitrogens with zero attached hydrogens (tertiary/aromatic N) is 2. The molecule has 4 rings (SSSR count). The molecule has 6 atom stereocenters. The molecular formula is C30H37N3O7. The molecule has 3 aliphatic carbocycles. The van der Waals surface area contributed by atoms with Crippen LogP contribution in [0.2, 0.25) is 0 Å². The number of hydrogen-bond acceptors (Lipinski definition) is 9. The van der Waals surface area contributed by atoms with Crippen molar-refractivity contribution in [3.63, 3.8) is 0 Å². The van der Waals surface area contributed by atoms with Crippen LogP contribution >= 0.6 is 0 Å². The van der Waals surface area contributed by atoms with Crippen molar-refractivity contribution in [1.29, 1.82) is 0 Å². The van der Waals surface area contributed by atoms with Gasteiger partial charge in [0.15, 0.2) is 34.7 Å². The number of primary amides is 1. The quantitative estimate of drug-likeness (QED) is 0.349. The van der Waals surface area contributed by atoms with Gasteiger partial charge in [0.2, 0.25) is 5.91 Å². The van der Waals surface area contributed by atoms with Crippen LogP contribution in [0.4, 0.5) is 0 Å². The highest BCUT2D eigenvalue weighted by molar-refractivity contribution is 6.32. The standard InChI is InChI=1S/C30H37N3O7/c1-29(2,3)18-12-14(9-8-10-32(4)5)16-11-15-13-17-22(33(6)7)25(36)21(28(31)39)27(38)30(17,40)26(37)19(15)24(35)20(16)23(18)34/h12,15,17,19,21-22,34,40H,10-11,13H2,1-7H3,(H2,31,39)/t15-,17-,19?,21?,22?,30-/m1/s1. The van der Waals surface area contributed by atoms with Crippen molar-refractivity contribution in [2.45, 2.75) is 50.7 Å². The highest BCUT2D eigenvalue weighted by atomic mass is 16.3. The molecule has 1 aromatic carbocycles. The Labute approximate surface area is 233 Å². The van der Waals surface area contributed by atoms with Gasteiger partial charge in [-0.2, -0.15) is 0 Å². The van der Waals surface area contributed by atoms with Crippen LogP contribution in [0.15, 0.2) is 6.07 Å². The molecule has 214 valence electrons. The summed E-state index contributed by atoms with van der Waals surface area (Å²) >= 11 is 0. The number of hydrogen-bond donors (Lipinski definition) is 3. The van der Waals surface area contributed by atoms with Crippen LogP contribution in [-0.2, 0) is 31.0 Å². The van der Waals surface area contributed by atoms with Gasteiger partial charge in [-0.3, -0.25) is 33.8 Å². The maximum absolute atomic E-state index is 14.1. The lowest BCUT2D eigenvalue weighted by atomic mass is 9.52. The topological polar surface area (TPSA) is 158 Å². The Kier molecular flexibility index (Phi) is 7.33. The lowest BCUT2D eigenvalue weighted by molar-refractivity contribution is -0.181. The number of phenols is 1. The molecule has 0 saturated heterocycles. The molecule has 3 unspecified atom stereocenters. The third-order valence-corrected chi connectivity index (χ3v) is 8.49. The van der Waals surface area contributed by atoms with Crippen LogP contribution in [0.3, 0.4) is 0 Å². The predicted molar refractivity (Wildman–Crippen MR) is 145 cm³/mol. The van der Waals surface area contributed by atoms with E-state index in [4.69, 9.17) is 5.73 Å². The molecule has 0 radical (unpaired) electrons. The number of likely N-dealkylation sites (N-methyl/N-ethyl adjacent to an activating group) is 1. The first-order valence-electron chi connectivity index (χ1n) is 13.3. The molecule has 2 saturated carbocycles. The molecule has 1 amide bonds. The molecule has 10 nitrogen and oxygen atoms in total. The van der Waals surface area contributed by atoms with Gasteiger partial charge in [-0.05, 0) is 64.0 Å². The first kappa shape index (κ1) is 29.6. The molecule has 3 aliphatic rings. The Balaban J connectivity index is 1.92. The average Bonchev–Trinajstić information content (AvgIpc) is 2.81. The first-order valence-corrected chi connectivity index (χ1v) is 13.3. The van der Waals surface area contributed by atoms with Crippen LogP contribution in [0.25, 0.3) is 0 Å². The van der Waals surface area contributed by atoms with Gasteiger partial charge in [-0.1, -0.05) is 32.6 Å². The molecule has 0 aromatic heterocycles. The zero-order valence-electron chi connectivity index (χ0n) is 24.0. The van der Waals surface area contributed by atoms with E-state index < -0.39 is 69.8 Å². The minimum absolute atomic E-state index is 0.00372. The summed E-state index contributed by atoms with van der Waals surface area (Å²) < 4.78 is 0. The number of aromatic hydroxyl groups is 1. The summed E-state index contributed by atoms with van der Waals surface area (Å²) in [6.45, 7) is 6.10. The Hall–Kier alpha value is -3.39. The Morgan fingerprint density at radius 2 is 1.75 bits per heavy atom. The van der Waals surface area contributed by atoms with Gasteiger partial charge in [0.05, 0.1) is 24.1 Å². The fourth-order valence-electron chi connectivity index (χ4n) is 6.65. The maximum Gasteiger partial charge on any atom is 0.235 e. The molecule has 2 fully saturated rings. The minimum Gasteiger partial charge on any atom is -0.507 e. The number of carbonyl (C=O) groups excluding carboxylic acids is 5. The van der Waals surface area contributed by atoms with E-state index in [-0.39, 0.29) is 24.2 Å². The minimum atomic E-state index is -2.75. The van der Waals surface area contributed by atoms with Crippen LogP contribution in [0.1, 0.15) is 54.2 Å². The summed E-state index contributed by atoms with van der Waals surface area (Å²) in [6, 6.07) is 0.636. The molecule has 4 N–H and O–H groups in total. The monoisotopic (exact) mass is 551 g/mol. The summed E-state index contributed by atoms with van der Waals surface area (Å²) in [6.07, 6.45) is 0.173. The number of rotatable bonds is 3. The molecule has 0 bridgehead atoms. The molecular weight excluding hydrogens is 514 g/mol. The van der Waals surface area contributed by atoms with Crippen molar-refractivity contribution in [2.75, 3.05) is 34.7 Å². The van der Waals surface area contributed by atoms with Gasteiger partial charge >= 0.3 is 0 Å². The summed E-state index contributed by atoms with van der Waals surface area (Å²) in [4.78, 5) is 70.3. The molecule has 1 aromatic rings. The predicted octanol–water partition coefficient (Wildman–Crippen LogP) is 0.0776. The number of aliphatic hydroxyl groups is 1. The summed E-state index contributed by atoms with van der Waals surface area (Å²) in [5.74, 6) is -4.36. The Bertz CT molecular complexity index is 1390. The zero-order valence-corrected chi connectivity index (χ0v) is 24.0. The van der Waals surface area contributed by atoms with E-state index in [1.807, 2.05) is 39.8 Å². The van der Waals surface area contributed by atoms with Crippen LogP contribution in [-0.4, -0.2) is 95.4 Å². The highest BCUT2D eigenvalue weighted by Crippen LogP contribution is 2.52. The number of fused-ring (bicyclic) bond motifs is 3. The van der Waals surface area contributed by atoms with Crippen molar-refractivity contribution < 1.29 is 34.2 Å². The third kappa shape index (κ3) is 4.37. The lowest BCUT2D eigenvalue weighted by Crippen LogP contribution is -2.74. The number of ketones is 4. The molecule has 0 heterocycles. The van der Waals surface area contributed by atoms with Crippen LogP contribution in [0.5, 0.6) is 5.75 Å². The van der Waals surface area contributed by atoms with Crippen molar-refractivity contribution in [3.05, 3.63) is 28.3 Å². The van der Waals surface area contributed by atoms with Gasteiger partial charge in [0.1, 0.15) is 5.75 Å². The zero-order chi connectivity index (χ0) is 30.1. The Morgan fingerprint density at radius 3 is 2.27 bits per heavy atom. The van der Waals surface area contributed by atoms with Crippen LogP contribution < -0.4 is 5.73 Å². The number of Topliss-reactive ketones (excluding diaryl/α,β-unsaturated/α-hetero) is 4. The normalized spacial score (nSPS) is 30.0. The third-order valence-electron chi connectivity index (χ3n) is 8.49. The Morgan fingerprint density at radius 1 is 1.12 bits per heavy atom. The van der Waals surface area contributed by atoms with E-state index in [0.717, 1.165) is 0 Å². The summed E-state index contributed by atoms with van der Waals surface area (Å²) in [7, 11) is 6.86. The fraction of sp³-hybridized carbons (Fsp3) is 0.567. The summed E-state index contributed by atoms with van der Waals surface area (Å²) in [5, 5.41) is 23.1. The summed E-state index contributed by atoms with van der Waals surface area (Å²) in [5.41, 5.74) is 3.57. The highest BCUT2D eigenvalue weighted by Gasteiger charge is 2.69. The van der Waals surface area contributed by atoms with E-state index in [1.54, 1.807) is 20.2 Å². The van der Waals surface area contributed by atoms with Gasteiger partial charge in [-0.15, -0.1) is 0 Å². The second kappa shape index (κ2) is 9.91. The molecule has 0 spiro atoms. The number of nitrogens with two attached hydrogens (primary N) is 1. The van der Waals surface area contributed by atoms with Gasteiger partial charge < -0.3 is 15.9 Å². The van der Waals surface area contributed by atoms with E-state index in [1.165, 1.54) is 4.90 Å². The van der Waals surface area contributed by atoms with Gasteiger partial charge in [0.25, 0.3) is 0 Å². The van der Waals surface area contributed by atoms with E-state index in [9.17, 15) is 34.2 Å². The molecule has 10 heteroatoms. The number of benzene rings is 1. The molecule has 40 heavy (non-hydrogen) atoms. The second-order valence-electron chi connectivity index (χ2n) is 12.8. The van der Waals surface area contributed by atoms with E-state index >= 15 is 0 Å². The van der Waals surface area contributed by atoms with Crippen LogP contribution in [0, 0.1) is 35.5 Å². The van der Waals surface area contributed by atoms with Gasteiger partial charge in [0, 0.05) is 17.0 Å². The fourth-order valence-corrected chi connectivity index (χ4v) is 6.65. The smallest absolute Gasteiger partial charge is 0.235 e. The van der Waals surface area contributed by atoms with Crippen molar-refractivity contribution >= 4 is 29.0 Å². The molecule has 0 aliphatic heterocycles. The van der Waals surface area contributed by atoms with Crippen molar-refractivity contribution in [3.8, 4) is 17.6 Å². The van der Waals surface area contributed by atoms with E-state index in [2.05, 4.69) is 11.8 Å². The maximum atomic E-state index is 14.1. The SMILES string of the molecule is CN(C)CC#Cc1cc(C(C)(C)C)c(O)c2c1C[C@@H]1C[C@@H]3C(N(C)C)C(=O)C(C(N)=O)C(=O)[C@]3(O)C(=O)C1C2=O. The first-order chi connectivity index (χ1) is 18.4.